The van der Waals surface area contributed by atoms with Gasteiger partial charge in [0.1, 0.15) is 10.6 Å². The van der Waals surface area contributed by atoms with E-state index in [1.54, 1.807) is 43.1 Å². The van der Waals surface area contributed by atoms with Crippen LogP contribution in [-0.4, -0.2) is 50.3 Å². The maximum Gasteiger partial charge on any atom is 0.312 e. The third-order valence-electron chi connectivity index (χ3n) is 7.06. The Morgan fingerprint density at radius 3 is 2.74 bits per heavy atom. The smallest absolute Gasteiger partial charge is 0.312 e. The molecule has 0 radical (unpaired) electrons. The molecule has 10 nitrogen and oxygen atoms in total. The Morgan fingerprint density at radius 2 is 2.05 bits per heavy atom. The van der Waals surface area contributed by atoms with E-state index in [0.717, 1.165) is 11.1 Å². The number of aromatic nitrogens is 4. The van der Waals surface area contributed by atoms with Gasteiger partial charge < -0.3 is 9.84 Å². The van der Waals surface area contributed by atoms with Crippen LogP contribution in [-0.2, 0) is 45.7 Å². The molecule has 0 saturated heterocycles. The first-order valence-electron chi connectivity index (χ1n) is 12.7. The van der Waals surface area contributed by atoms with Crippen molar-refractivity contribution in [3.8, 4) is 0 Å². The lowest BCUT2D eigenvalue weighted by Crippen LogP contribution is -2.34. The maximum absolute atomic E-state index is 13.6. The molecule has 0 unspecified atom stereocenters. The molecule has 2 atom stereocenters. The van der Waals surface area contributed by atoms with E-state index in [0.29, 0.717) is 36.5 Å². The summed E-state index contributed by atoms with van der Waals surface area (Å²) < 4.78 is 36.6. The van der Waals surface area contributed by atoms with Gasteiger partial charge in [-0.1, -0.05) is 30.3 Å². The molecule has 0 saturated carbocycles. The molecule has 1 aliphatic rings. The minimum atomic E-state index is -3.76. The van der Waals surface area contributed by atoms with Gasteiger partial charge in [0.2, 0.25) is 10.0 Å². The minimum absolute atomic E-state index is 0.0861. The van der Waals surface area contributed by atoms with Crippen molar-refractivity contribution in [3.05, 3.63) is 70.8 Å². The Hall–Kier alpha value is -3.15. The van der Waals surface area contributed by atoms with Crippen molar-refractivity contribution in [2.24, 2.45) is 11.3 Å². The van der Waals surface area contributed by atoms with Gasteiger partial charge in [-0.2, -0.15) is 4.31 Å². The van der Waals surface area contributed by atoms with Gasteiger partial charge in [0.25, 0.3) is 0 Å². The van der Waals surface area contributed by atoms with Gasteiger partial charge in [-0.3, -0.25) is 14.5 Å². The summed E-state index contributed by atoms with van der Waals surface area (Å²) >= 11 is 0. The Morgan fingerprint density at radius 1 is 1.29 bits per heavy atom. The number of carboxylic acids is 1. The van der Waals surface area contributed by atoms with Crippen LogP contribution in [0.1, 0.15) is 61.9 Å². The molecule has 1 aliphatic heterocycles. The van der Waals surface area contributed by atoms with Gasteiger partial charge in [0.05, 0.1) is 30.0 Å². The van der Waals surface area contributed by atoms with Gasteiger partial charge in [-0.05, 0) is 68.9 Å². The second-order valence-corrected chi connectivity index (χ2v) is 12.4. The standard InChI is InChI=1S/C27H35N5O5S/c1-6-31-16-22(29-30-31)17-37-25(27(4,5)26(33)34)20-10-9-19(3)21(13-20)15-32-14-18(2)12-23-24(38(32,35)36)8-7-11-28-23/h7-11,13,16,18,25H,6,12,14-15,17H2,1-5H3,(H,33,34)/t18-,25+/m1/s1. The summed E-state index contributed by atoms with van der Waals surface area (Å²) in [4.78, 5) is 16.8. The normalized spacial score (nSPS) is 18.5. The number of ether oxygens (including phenoxy) is 1. The zero-order valence-electron chi connectivity index (χ0n) is 22.5. The van der Waals surface area contributed by atoms with Gasteiger partial charge in [-0.25, -0.2) is 8.42 Å². The molecule has 38 heavy (non-hydrogen) atoms. The van der Waals surface area contributed by atoms with Crippen LogP contribution in [0, 0.1) is 18.3 Å². The first kappa shape index (κ1) is 27.9. The highest BCUT2D eigenvalue weighted by molar-refractivity contribution is 7.89. The van der Waals surface area contributed by atoms with Gasteiger partial charge in [-0.15, -0.1) is 5.10 Å². The Balaban J connectivity index is 1.67. The third kappa shape index (κ3) is 5.64. The Labute approximate surface area is 223 Å². The Kier molecular flexibility index (Phi) is 8.01. The van der Waals surface area contributed by atoms with Crippen molar-refractivity contribution >= 4 is 16.0 Å². The number of nitrogens with zero attached hydrogens (tertiary/aromatic N) is 5. The number of benzene rings is 1. The topological polar surface area (TPSA) is 128 Å². The third-order valence-corrected chi connectivity index (χ3v) is 8.95. The molecule has 4 rings (SSSR count). The molecule has 0 bridgehead atoms. The Bertz CT molecular complexity index is 1420. The monoisotopic (exact) mass is 541 g/mol. The lowest BCUT2D eigenvalue weighted by molar-refractivity contribution is -0.158. The maximum atomic E-state index is 13.6. The molecule has 0 spiro atoms. The summed E-state index contributed by atoms with van der Waals surface area (Å²) in [6, 6.07) is 8.85. The van der Waals surface area contributed by atoms with Crippen molar-refractivity contribution in [2.75, 3.05) is 6.54 Å². The average Bonchev–Trinajstić information content (AvgIpc) is 3.30. The summed E-state index contributed by atoms with van der Waals surface area (Å²) in [5, 5.41) is 18.1. The molecule has 1 N–H and O–H groups in total. The molecule has 1 aromatic carbocycles. The molecule has 0 amide bonds. The lowest BCUT2D eigenvalue weighted by atomic mass is 9.81. The van der Waals surface area contributed by atoms with Gasteiger partial charge in [0.15, 0.2) is 0 Å². The van der Waals surface area contributed by atoms with Crippen molar-refractivity contribution in [3.63, 3.8) is 0 Å². The number of rotatable bonds is 9. The summed E-state index contributed by atoms with van der Waals surface area (Å²) in [6.07, 6.45) is 3.16. The number of sulfonamides is 1. The van der Waals surface area contributed by atoms with Crippen molar-refractivity contribution in [1.29, 1.82) is 0 Å². The summed E-state index contributed by atoms with van der Waals surface area (Å²) in [5.41, 5.74) is 2.28. The van der Waals surface area contributed by atoms with E-state index in [2.05, 4.69) is 15.3 Å². The zero-order valence-corrected chi connectivity index (χ0v) is 23.3. The van der Waals surface area contributed by atoms with Crippen LogP contribution in [0.25, 0.3) is 0 Å². The summed E-state index contributed by atoms with van der Waals surface area (Å²) in [6.45, 7) is 10.4. The van der Waals surface area contributed by atoms with Crippen LogP contribution in [0.4, 0.5) is 0 Å². The highest BCUT2D eigenvalue weighted by atomic mass is 32.2. The molecular formula is C27H35N5O5S. The average molecular weight is 542 g/mol. The van der Waals surface area contributed by atoms with Crippen LogP contribution in [0.15, 0.2) is 47.6 Å². The molecule has 3 heterocycles. The predicted molar refractivity (Wildman–Crippen MR) is 141 cm³/mol. The largest absolute Gasteiger partial charge is 0.481 e. The number of carbonyl (C=O) groups is 1. The minimum Gasteiger partial charge on any atom is -0.481 e. The number of hydrogen-bond donors (Lipinski definition) is 1. The summed E-state index contributed by atoms with van der Waals surface area (Å²) in [5.74, 6) is -0.919. The fraction of sp³-hybridized carbons (Fsp3) is 0.481. The molecule has 0 fully saturated rings. The first-order valence-corrected chi connectivity index (χ1v) is 14.1. The molecule has 11 heteroatoms. The highest BCUT2D eigenvalue weighted by Gasteiger charge is 2.40. The van der Waals surface area contributed by atoms with E-state index >= 15 is 0 Å². The van der Waals surface area contributed by atoms with Crippen LogP contribution < -0.4 is 0 Å². The van der Waals surface area contributed by atoms with Crippen LogP contribution in [0.3, 0.4) is 0 Å². The first-order chi connectivity index (χ1) is 17.9. The number of hydrogen-bond acceptors (Lipinski definition) is 7. The number of aliphatic carboxylic acids is 1. The molecule has 2 aromatic heterocycles. The lowest BCUT2D eigenvalue weighted by Gasteiger charge is -2.31. The van der Waals surface area contributed by atoms with Crippen molar-refractivity contribution in [2.45, 2.75) is 71.7 Å². The van der Waals surface area contributed by atoms with E-state index in [-0.39, 0.29) is 24.0 Å². The van der Waals surface area contributed by atoms with E-state index in [9.17, 15) is 18.3 Å². The molecule has 0 aliphatic carbocycles. The molecule has 204 valence electrons. The SMILES string of the molecule is CCn1cc(CO[C@@H](c2ccc(C)c(CN3C[C@H](C)Cc4ncccc4S3(=O)=O)c2)C(C)(C)C(=O)O)nn1. The number of aryl methyl sites for hydroxylation is 2. The summed E-state index contributed by atoms with van der Waals surface area (Å²) in [7, 11) is -3.76. The van der Waals surface area contributed by atoms with E-state index in [1.807, 2.05) is 39.0 Å². The zero-order chi connectivity index (χ0) is 27.7. The second kappa shape index (κ2) is 10.9. The number of carboxylic acid groups (broad SMARTS) is 1. The van der Waals surface area contributed by atoms with Crippen molar-refractivity contribution in [1.82, 2.24) is 24.3 Å². The van der Waals surface area contributed by atoms with Crippen LogP contribution >= 0.6 is 0 Å². The van der Waals surface area contributed by atoms with Crippen LogP contribution in [0.2, 0.25) is 0 Å². The van der Waals surface area contributed by atoms with E-state index < -0.39 is 27.5 Å². The van der Waals surface area contributed by atoms with Crippen LogP contribution in [0.5, 0.6) is 0 Å². The van der Waals surface area contributed by atoms with E-state index in [4.69, 9.17) is 4.74 Å². The molecule has 3 aromatic rings. The second-order valence-electron chi connectivity index (χ2n) is 10.5. The fourth-order valence-corrected chi connectivity index (χ4v) is 6.44. The predicted octanol–water partition coefficient (Wildman–Crippen LogP) is 3.75. The quantitative estimate of drug-likeness (QED) is 0.434. The fourth-order valence-electron chi connectivity index (χ4n) is 4.72. The van der Waals surface area contributed by atoms with Gasteiger partial charge >= 0.3 is 5.97 Å². The number of fused-ring (bicyclic) bond motifs is 1. The highest BCUT2D eigenvalue weighted by Crippen LogP contribution is 2.39. The van der Waals surface area contributed by atoms with Gasteiger partial charge in [0, 0.05) is 25.8 Å². The van der Waals surface area contributed by atoms with E-state index in [1.165, 1.54) is 4.31 Å². The van der Waals surface area contributed by atoms with Crippen molar-refractivity contribution < 1.29 is 23.1 Å². The molecular weight excluding hydrogens is 506 g/mol. The number of pyridine rings is 1.